The van der Waals surface area contributed by atoms with Gasteiger partial charge < -0.3 is 5.73 Å². The fraction of sp³-hybridized carbons (Fsp3) is 0.100. The van der Waals surface area contributed by atoms with Crippen LogP contribution in [0.1, 0.15) is 11.1 Å². The largest absolute Gasteiger partial charge is 0.359 e. The Kier molecular flexibility index (Phi) is 3.10. The first-order valence-corrected chi connectivity index (χ1v) is 4.46. The molecule has 0 saturated carbocycles. The van der Waals surface area contributed by atoms with E-state index in [0.717, 1.165) is 15.6 Å². The van der Waals surface area contributed by atoms with Crippen LogP contribution >= 0.6 is 15.9 Å². The molecule has 0 aliphatic carbocycles. The monoisotopic (exact) mass is 237 g/mol. The molecule has 3 heteroatoms. The molecule has 0 heterocycles. The van der Waals surface area contributed by atoms with E-state index in [1.54, 1.807) is 0 Å². The molecular weight excluding hydrogens is 230 g/mol. The Hall–Kier alpha value is -1.27. The van der Waals surface area contributed by atoms with E-state index in [0.29, 0.717) is 0 Å². The van der Waals surface area contributed by atoms with Gasteiger partial charge in [-0.2, -0.15) is 0 Å². The third kappa shape index (κ3) is 2.92. The highest BCUT2D eigenvalue weighted by Crippen LogP contribution is 2.14. The average Bonchev–Trinajstić information content (AvgIpc) is 2.02. The summed E-state index contributed by atoms with van der Waals surface area (Å²) in [5.41, 5.74) is 6.74. The normalized spacial score (nSPS) is 8.77. The van der Waals surface area contributed by atoms with Crippen molar-refractivity contribution in [1.29, 1.82) is 0 Å². The third-order valence-corrected chi connectivity index (χ3v) is 2.00. The molecule has 1 rings (SSSR count). The molecule has 0 aromatic heterocycles. The third-order valence-electron chi connectivity index (χ3n) is 1.51. The SMILES string of the molecule is Cc1cc(Br)ccc1C#CC(N)=O. The van der Waals surface area contributed by atoms with E-state index < -0.39 is 5.91 Å². The minimum Gasteiger partial charge on any atom is -0.359 e. The second-order valence-corrected chi connectivity index (χ2v) is 3.49. The van der Waals surface area contributed by atoms with Crippen molar-refractivity contribution in [2.24, 2.45) is 5.73 Å². The van der Waals surface area contributed by atoms with Gasteiger partial charge in [0, 0.05) is 10.0 Å². The van der Waals surface area contributed by atoms with Crippen molar-refractivity contribution in [3.63, 3.8) is 0 Å². The molecule has 1 amide bonds. The van der Waals surface area contributed by atoms with Gasteiger partial charge in [-0.05, 0) is 36.6 Å². The van der Waals surface area contributed by atoms with Crippen LogP contribution in [-0.2, 0) is 4.79 Å². The Balaban J connectivity index is 3.05. The fourth-order valence-corrected chi connectivity index (χ4v) is 1.37. The van der Waals surface area contributed by atoms with Crippen molar-refractivity contribution in [3.8, 4) is 11.8 Å². The van der Waals surface area contributed by atoms with Gasteiger partial charge in [-0.15, -0.1) is 0 Å². The van der Waals surface area contributed by atoms with Gasteiger partial charge >= 0.3 is 0 Å². The standard InChI is InChI=1S/C10H8BrNO/c1-7-6-9(11)4-2-8(7)3-5-10(12)13/h2,4,6H,1H3,(H2,12,13). The number of carbonyl (C=O) groups excluding carboxylic acids is 1. The van der Waals surface area contributed by atoms with Crippen molar-refractivity contribution in [2.45, 2.75) is 6.92 Å². The Bertz CT molecular complexity index is 401. The van der Waals surface area contributed by atoms with E-state index in [9.17, 15) is 4.79 Å². The van der Waals surface area contributed by atoms with E-state index in [4.69, 9.17) is 5.73 Å². The van der Waals surface area contributed by atoms with Crippen molar-refractivity contribution < 1.29 is 4.79 Å². The summed E-state index contributed by atoms with van der Waals surface area (Å²) < 4.78 is 0.995. The predicted octanol–water partition coefficient (Wildman–Crippen LogP) is 1.59. The van der Waals surface area contributed by atoms with Crippen LogP contribution in [0.4, 0.5) is 0 Å². The molecule has 0 radical (unpaired) electrons. The van der Waals surface area contributed by atoms with E-state index >= 15 is 0 Å². The summed E-state index contributed by atoms with van der Waals surface area (Å²) in [6.45, 7) is 1.93. The molecule has 0 aliphatic heterocycles. The van der Waals surface area contributed by atoms with Crippen LogP contribution in [0.3, 0.4) is 0 Å². The Morgan fingerprint density at radius 1 is 1.54 bits per heavy atom. The lowest BCUT2D eigenvalue weighted by molar-refractivity contribution is -0.112. The summed E-state index contributed by atoms with van der Waals surface area (Å²) in [5.74, 6) is 4.38. The van der Waals surface area contributed by atoms with E-state index in [-0.39, 0.29) is 0 Å². The van der Waals surface area contributed by atoms with Gasteiger partial charge in [-0.25, -0.2) is 0 Å². The first-order chi connectivity index (χ1) is 6.09. The van der Waals surface area contributed by atoms with Crippen LogP contribution in [-0.4, -0.2) is 5.91 Å². The minimum absolute atomic E-state index is 0.609. The second-order valence-electron chi connectivity index (χ2n) is 2.57. The van der Waals surface area contributed by atoms with Crippen LogP contribution in [0.5, 0.6) is 0 Å². The van der Waals surface area contributed by atoms with Gasteiger partial charge in [0.15, 0.2) is 0 Å². The highest BCUT2D eigenvalue weighted by Gasteiger charge is 1.94. The number of hydrogen-bond acceptors (Lipinski definition) is 1. The van der Waals surface area contributed by atoms with E-state index in [1.807, 2.05) is 25.1 Å². The zero-order valence-electron chi connectivity index (χ0n) is 7.10. The highest BCUT2D eigenvalue weighted by atomic mass is 79.9. The van der Waals surface area contributed by atoms with Crippen molar-refractivity contribution in [3.05, 3.63) is 33.8 Å². The second kappa shape index (κ2) is 4.11. The number of nitrogens with two attached hydrogens (primary N) is 1. The van der Waals surface area contributed by atoms with Gasteiger partial charge in [0.25, 0.3) is 5.91 Å². The van der Waals surface area contributed by atoms with Gasteiger partial charge in [0.05, 0.1) is 0 Å². The molecule has 0 aliphatic rings. The van der Waals surface area contributed by atoms with Crippen molar-refractivity contribution >= 4 is 21.8 Å². The highest BCUT2D eigenvalue weighted by molar-refractivity contribution is 9.10. The zero-order chi connectivity index (χ0) is 9.84. The fourth-order valence-electron chi connectivity index (χ4n) is 0.896. The molecule has 13 heavy (non-hydrogen) atoms. The smallest absolute Gasteiger partial charge is 0.293 e. The lowest BCUT2D eigenvalue weighted by Gasteiger charge is -1.97. The molecule has 66 valence electrons. The zero-order valence-corrected chi connectivity index (χ0v) is 8.68. The quantitative estimate of drug-likeness (QED) is 0.685. The summed E-state index contributed by atoms with van der Waals surface area (Å²) in [7, 11) is 0. The number of carbonyl (C=O) groups is 1. The number of halogens is 1. The molecule has 2 nitrogen and oxygen atoms in total. The molecule has 2 N–H and O–H groups in total. The number of rotatable bonds is 0. The maximum Gasteiger partial charge on any atom is 0.293 e. The molecule has 0 fully saturated rings. The average molecular weight is 238 g/mol. The topological polar surface area (TPSA) is 43.1 Å². The molecule has 0 atom stereocenters. The lowest BCUT2D eigenvalue weighted by atomic mass is 10.1. The number of amides is 1. The van der Waals surface area contributed by atoms with Crippen LogP contribution in [0.25, 0.3) is 0 Å². The predicted molar refractivity (Wildman–Crippen MR) is 55.0 cm³/mol. The number of aryl methyl sites for hydroxylation is 1. The maximum absolute atomic E-state index is 10.4. The Labute approximate surface area is 85.3 Å². The molecule has 1 aromatic carbocycles. The molecule has 0 bridgehead atoms. The van der Waals surface area contributed by atoms with Gasteiger partial charge in [-0.3, -0.25) is 4.79 Å². The summed E-state index contributed by atoms with van der Waals surface area (Å²) in [4.78, 5) is 10.4. The van der Waals surface area contributed by atoms with Crippen LogP contribution < -0.4 is 5.73 Å². The van der Waals surface area contributed by atoms with Gasteiger partial charge in [-0.1, -0.05) is 21.9 Å². The summed E-state index contributed by atoms with van der Waals surface area (Å²) >= 11 is 3.34. The first kappa shape index (κ1) is 9.82. The number of benzene rings is 1. The molecular formula is C10H8BrNO. The van der Waals surface area contributed by atoms with Crippen molar-refractivity contribution in [2.75, 3.05) is 0 Å². The van der Waals surface area contributed by atoms with Crippen LogP contribution in [0, 0.1) is 18.8 Å². The Morgan fingerprint density at radius 2 is 2.23 bits per heavy atom. The van der Waals surface area contributed by atoms with Gasteiger partial charge in [0.2, 0.25) is 0 Å². The van der Waals surface area contributed by atoms with E-state index in [1.165, 1.54) is 0 Å². The molecule has 0 saturated heterocycles. The lowest BCUT2D eigenvalue weighted by Crippen LogP contribution is -2.06. The molecule has 0 spiro atoms. The summed E-state index contributed by atoms with van der Waals surface area (Å²) in [6.07, 6.45) is 0. The molecule has 1 aromatic rings. The molecule has 0 unspecified atom stereocenters. The number of hydrogen-bond donors (Lipinski definition) is 1. The van der Waals surface area contributed by atoms with Crippen LogP contribution in [0.15, 0.2) is 22.7 Å². The maximum atomic E-state index is 10.4. The van der Waals surface area contributed by atoms with Crippen molar-refractivity contribution in [1.82, 2.24) is 0 Å². The summed E-state index contributed by atoms with van der Waals surface area (Å²) in [5, 5.41) is 0. The van der Waals surface area contributed by atoms with Gasteiger partial charge in [0.1, 0.15) is 0 Å². The van der Waals surface area contributed by atoms with E-state index in [2.05, 4.69) is 27.8 Å². The first-order valence-electron chi connectivity index (χ1n) is 3.67. The van der Waals surface area contributed by atoms with Crippen LogP contribution in [0.2, 0.25) is 0 Å². The Morgan fingerprint density at radius 3 is 2.77 bits per heavy atom. The number of primary amides is 1. The minimum atomic E-state index is -0.609. The summed E-state index contributed by atoms with van der Waals surface area (Å²) in [6, 6.07) is 5.65.